The first kappa shape index (κ1) is 25.1. The second kappa shape index (κ2) is 10.1. The summed E-state index contributed by atoms with van der Waals surface area (Å²) in [4.78, 5) is 22.5. The molecule has 1 amide bonds. The van der Waals surface area contributed by atoms with Crippen molar-refractivity contribution in [1.29, 1.82) is 0 Å². The second-order valence-corrected chi connectivity index (χ2v) is 9.73. The number of hydrogen-bond acceptors (Lipinski definition) is 8. The number of hydrogen-bond donors (Lipinski definition) is 2. The van der Waals surface area contributed by atoms with Crippen LogP contribution >= 0.6 is 11.3 Å². The van der Waals surface area contributed by atoms with E-state index in [0.29, 0.717) is 34.4 Å². The van der Waals surface area contributed by atoms with Gasteiger partial charge in [-0.25, -0.2) is 4.39 Å². The first-order valence-corrected chi connectivity index (χ1v) is 12.3. The van der Waals surface area contributed by atoms with Crippen molar-refractivity contribution in [2.45, 2.75) is 37.9 Å². The third-order valence-corrected chi connectivity index (χ3v) is 6.89. The number of benzene rings is 1. The molecule has 4 heterocycles. The van der Waals surface area contributed by atoms with Crippen LogP contribution in [0.4, 0.5) is 23.2 Å². The van der Waals surface area contributed by atoms with E-state index >= 15 is 0 Å². The van der Waals surface area contributed by atoms with Crippen LogP contribution in [0.25, 0.3) is 22.4 Å². The number of anilines is 1. The molecule has 0 bridgehead atoms. The lowest BCUT2D eigenvalue weighted by Crippen LogP contribution is -2.46. The van der Waals surface area contributed by atoms with Crippen LogP contribution in [-0.2, 0) is 13.1 Å². The fraction of sp³-hybridized carbons (Fsp3) is 0.391. The Morgan fingerprint density at radius 3 is 2.89 bits per heavy atom. The molecule has 196 valence electrons. The molecule has 1 fully saturated rings. The molecule has 1 saturated heterocycles. The monoisotopic (exact) mass is 537 g/mol. The summed E-state index contributed by atoms with van der Waals surface area (Å²) in [5.41, 5.74) is 2.43. The Balaban J connectivity index is 1.45. The van der Waals surface area contributed by atoms with Gasteiger partial charge in [-0.1, -0.05) is 11.2 Å². The lowest BCUT2D eigenvalue weighted by Gasteiger charge is -2.33. The molecule has 2 atom stereocenters. The van der Waals surface area contributed by atoms with Crippen LogP contribution in [0.1, 0.15) is 22.0 Å². The number of carbonyl (C=O) groups is 1. The molecule has 0 unspecified atom stereocenters. The molecule has 9 nitrogen and oxygen atoms in total. The summed E-state index contributed by atoms with van der Waals surface area (Å²) in [5.74, 6) is -0.415. The highest BCUT2D eigenvalue weighted by Gasteiger charge is 2.32. The molecular formula is C23H23F4N7O2S. The largest absolute Gasteiger partial charge is 0.406 e. The predicted octanol–water partition coefficient (Wildman–Crippen LogP) is 4.09. The van der Waals surface area contributed by atoms with Gasteiger partial charge in [0.05, 0.1) is 35.5 Å². The van der Waals surface area contributed by atoms with Crippen molar-refractivity contribution in [2.75, 3.05) is 25.5 Å². The second-order valence-electron chi connectivity index (χ2n) is 8.85. The van der Waals surface area contributed by atoms with Gasteiger partial charge in [-0.15, -0.1) is 11.3 Å². The van der Waals surface area contributed by atoms with E-state index in [1.165, 1.54) is 17.8 Å². The lowest BCUT2D eigenvalue weighted by molar-refractivity contribution is -0.139. The standard InChI is InChI=1S/C23H23F4N7O2S/c1-33-6-5-16(14(24)10-33)30-15-3-2-4-17-13(15)7-18(34(17)11-23(25,26)27)21-31-20(36-32-21)9-29-22(35)19-8-28-12-37-19/h2-4,7-8,12,14,16,30H,5-6,9-11H2,1H3,(H,29,35)/t14-,16+/m1/s1. The Morgan fingerprint density at radius 2 is 2.16 bits per heavy atom. The molecule has 37 heavy (non-hydrogen) atoms. The number of piperidine rings is 1. The predicted molar refractivity (Wildman–Crippen MR) is 129 cm³/mol. The number of nitrogens with zero attached hydrogens (tertiary/aromatic N) is 5. The maximum Gasteiger partial charge on any atom is 0.406 e. The summed E-state index contributed by atoms with van der Waals surface area (Å²) in [5, 5.41) is 10.1. The third-order valence-electron chi connectivity index (χ3n) is 6.12. The van der Waals surface area contributed by atoms with Crippen molar-refractivity contribution in [3.05, 3.63) is 46.7 Å². The number of rotatable bonds is 7. The number of aromatic nitrogens is 4. The molecule has 0 saturated carbocycles. The summed E-state index contributed by atoms with van der Waals surface area (Å²) in [7, 11) is 1.84. The molecule has 0 spiro atoms. The fourth-order valence-electron chi connectivity index (χ4n) is 4.37. The zero-order valence-electron chi connectivity index (χ0n) is 19.6. The van der Waals surface area contributed by atoms with Crippen LogP contribution in [0.5, 0.6) is 0 Å². The van der Waals surface area contributed by atoms with Crippen molar-refractivity contribution >= 4 is 33.8 Å². The van der Waals surface area contributed by atoms with Crippen molar-refractivity contribution < 1.29 is 26.9 Å². The Hall–Kier alpha value is -3.52. The van der Waals surface area contributed by atoms with E-state index in [1.54, 1.807) is 18.2 Å². The highest BCUT2D eigenvalue weighted by molar-refractivity contribution is 7.11. The SMILES string of the molecule is CN1CC[C@H](Nc2cccc3c2cc(-c2noc(CNC(=O)c4cncs4)n2)n3CC(F)(F)F)[C@H](F)C1. The van der Waals surface area contributed by atoms with Gasteiger partial charge >= 0.3 is 6.18 Å². The number of alkyl halides is 4. The quantitative estimate of drug-likeness (QED) is 0.343. The molecule has 2 N–H and O–H groups in total. The van der Waals surface area contributed by atoms with E-state index in [0.717, 1.165) is 15.9 Å². The Morgan fingerprint density at radius 1 is 1.32 bits per heavy atom. The zero-order valence-corrected chi connectivity index (χ0v) is 20.4. The zero-order chi connectivity index (χ0) is 26.2. The van der Waals surface area contributed by atoms with Crippen molar-refractivity contribution in [2.24, 2.45) is 0 Å². The number of halogens is 4. The third kappa shape index (κ3) is 5.59. The summed E-state index contributed by atoms with van der Waals surface area (Å²) in [6.07, 6.45) is -3.66. The number of fused-ring (bicyclic) bond motifs is 1. The number of nitrogens with one attached hydrogen (secondary N) is 2. The minimum Gasteiger partial charge on any atom is -0.379 e. The average molecular weight is 538 g/mol. The van der Waals surface area contributed by atoms with E-state index in [9.17, 15) is 22.4 Å². The first-order valence-electron chi connectivity index (χ1n) is 11.5. The highest BCUT2D eigenvalue weighted by Crippen LogP contribution is 2.35. The van der Waals surface area contributed by atoms with Gasteiger partial charge in [0.25, 0.3) is 5.91 Å². The summed E-state index contributed by atoms with van der Waals surface area (Å²) < 4.78 is 61.5. The topological polar surface area (TPSA) is 101 Å². The number of carbonyl (C=O) groups excluding carboxylic acids is 1. The molecule has 3 aromatic heterocycles. The Labute approximate surface area is 212 Å². The molecule has 4 aromatic rings. The van der Waals surface area contributed by atoms with Gasteiger partial charge in [0, 0.05) is 24.2 Å². The molecule has 1 aliphatic rings. The first-order chi connectivity index (χ1) is 17.7. The van der Waals surface area contributed by atoms with Crippen LogP contribution in [0.3, 0.4) is 0 Å². The van der Waals surface area contributed by atoms with E-state index in [2.05, 4.69) is 25.8 Å². The van der Waals surface area contributed by atoms with E-state index in [4.69, 9.17) is 4.52 Å². The molecule has 1 aliphatic heterocycles. The molecule has 5 rings (SSSR count). The van der Waals surface area contributed by atoms with E-state index < -0.39 is 24.9 Å². The van der Waals surface area contributed by atoms with Gasteiger partial charge in [0.2, 0.25) is 11.7 Å². The maximum atomic E-state index is 14.7. The average Bonchev–Trinajstić information content (AvgIpc) is 3.59. The van der Waals surface area contributed by atoms with Crippen LogP contribution in [-0.4, -0.2) is 69.0 Å². The summed E-state index contributed by atoms with van der Waals surface area (Å²) in [6.45, 7) is -0.399. The normalized spacial score (nSPS) is 18.8. The number of likely N-dealkylation sites (tertiary alicyclic amines) is 1. The van der Waals surface area contributed by atoms with Gasteiger partial charge in [-0.3, -0.25) is 9.78 Å². The molecule has 14 heteroatoms. The minimum atomic E-state index is -4.52. The highest BCUT2D eigenvalue weighted by atomic mass is 32.1. The van der Waals surface area contributed by atoms with Gasteiger partial charge in [0.15, 0.2) is 0 Å². The molecule has 0 radical (unpaired) electrons. The van der Waals surface area contributed by atoms with Gasteiger partial charge in [-0.05, 0) is 31.7 Å². The van der Waals surface area contributed by atoms with E-state index in [1.807, 2.05) is 11.9 Å². The van der Waals surface area contributed by atoms with Crippen molar-refractivity contribution in [3.63, 3.8) is 0 Å². The van der Waals surface area contributed by atoms with Gasteiger partial charge in [-0.2, -0.15) is 18.2 Å². The van der Waals surface area contributed by atoms with Crippen LogP contribution in [0.15, 0.2) is 40.5 Å². The number of amides is 1. The summed E-state index contributed by atoms with van der Waals surface area (Å²) in [6, 6.07) is 5.98. The smallest absolute Gasteiger partial charge is 0.379 e. The van der Waals surface area contributed by atoms with E-state index in [-0.39, 0.29) is 36.4 Å². The van der Waals surface area contributed by atoms with Gasteiger partial charge in [0.1, 0.15) is 17.6 Å². The lowest BCUT2D eigenvalue weighted by atomic mass is 10.0. The maximum absolute atomic E-state index is 14.7. The number of thiazole rings is 1. The summed E-state index contributed by atoms with van der Waals surface area (Å²) >= 11 is 1.16. The van der Waals surface area contributed by atoms with Crippen LogP contribution < -0.4 is 10.6 Å². The molecular weight excluding hydrogens is 514 g/mol. The van der Waals surface area contributed by atoms with Crippen LogP contribution in [0.2, 0.25) is 0 Å². The Kier molecular flexibility index (Phi) is 6.86. The van der Waals surface area contributed by atoms with Crippen LogP contribution in [0, 0.1) is 0 Å². The molecule has 1 aromatic carbocycles. The van der Waals surface area contributed by atoms with Crippen molar-refractivity contribution in [3.8, 4) is 11.5 Å². The molecule has 0 aliphatic carbocycles. The van der Waals surface area contributed by atoms with Gasteiger partial charge < -0.3 is 24.6 Å². The Bertz CT molecular complexity index is 1390. The fourth-order valence-corrected chi connectivity index (χ4v) is 4.90. The minimum absolute atomic E-state index is 0.0293. The van der Waals surface area contributed by atoms with Crippen molar-refractivity contribution in [1.82, 2.24) is 29.9 Å².